The first-order valence-electron chi connectivity index (χ1n) is 10.1. The Morgan fingerprint density at radius 2 is 1.52 bits per heavy atom. The molecule has 0 aliphatic rings. The third-order valence-electron chi connectivity index (χ3n) is 4.81. The van der Waals surface area contributed by atoms with E-state index in [4.69, 9.17) is 0 Å². The van der Waals surface area contributed by atoms with Crippen LogP contribution in [0.15, 0.2) is 102 Å². The second-order valence-electron chi connectivity index (χ2n) is 7.03. The van der Waals surface area contributed by atoms with Gasteiger partial charge in [-0.2, -0.15) is 0 Å². The van der Waals surface area contributed by atoms with Crippen LogP contribution in [0.2, 0.25) is 0 Å². The zero-order valence-corrected chi connectivity index (χ0v) is 18.1. The highest BCUT2D eigenvalue weighted by Gasteiger charge is 2.23. The van der Waals surface area contributed by atoms with Gasteiger partial charge in [0.15, 0.2) is 0 Å². The Hall–Kier alpha value is -3.38. The molecule has 1 N–H and O–H groups in total. The Kier molecular flexibility index (Phi) is 7.62. The molecule has 0 fully saturated rings. The van der Waals surface area contributed by atoms with Crippen molar-refractivity contribution in [2.24, 2.45) is 0 Å². The van der Waals surface area contributed by atoms with Gasteiger partial charge in [0.2, 0.25) is 0 Å². The van der Waals surface area contributed by atoms with Gasteiger partial charge in [0.05, 0.1) is 17.1 Å². The number of nitrogens with zero attached hydrogens (tertiary/aromatic N) is 1. The molecule has 3 aromatic carbocycles. The summed E-state index contributed by atoms with van der Waals surface area (Å²) in [6.07, 6.45) is 3.28. The van der Waals surface area contributed by atoms with Gasteiger partial charge >= 0.3 is 0 Å². The van der Waals surface area contributed by atoms with Crippen LogP contribution in [-0.2, 0) is 16.4 Å². The van der Waals surface area contributed by atoms with Crippen molar-refractivity contribution in [1.82, 2.24) is 5.32 Å². The second-order valence-corrected chi connectivity index (χ2v) is 8.89. The molecule has 6 heteroatoms. The lowest BCUT2D eigenvalue weighted by atomic mass is 10.1. The number of anilines is 1. The number of rotatable bonds is 10. The Labute approximate surface area is 184 Å². The molecular formula is C25H26N2O3S. The first-order valence-corrected chi connectivity index (χ1v) is 11.6. The van der Waals surface area contributed by atoms with Gasteiger partial charge < -0.3 is 5.32 Å². The number of carbonyl (C=O) groups excluding carboxylic acids is 1. The normalized spacial score (nSPS) is 11.0. The summed E-state index contributed by atoms with van der Waals surface area (Å²) in [6, 6.07) is 24.9. The molecule has 1 amide bonds. The van der Waals surface area contributed by atoms with E-state index in [-0.39, 0.29) is 17.3 Å². The lowest BCUT2D eigenvalue weighted by Crippen LogP contribution is -2.31. The maximum atomic E-state index is 13.0. The number of nitrogens with one attached hydrogen (secondary N) is 1. The zero-order chi connectivity index (χ0) is 22.1. The van der Waals surface area contributed by atoms with E-state index in [1.807, 2.05) is 18.2 Å². The summed E-state index contributed by atoms with van der Waals surface area (Å²) in [5.74, 6) is -0.180. The van der Waals surface area contributed by atoms with Crippen LogP contribution in [0.1, 0.15) is 22.3 Å². The Bertz CT molecular complexity index is 1100. The molecule has 0 aliphatic heterocycles. The molecule has 0 radical (unpaired) electrons. The van der Waals surface area contributed by atoms with E-state index in [0.29, 0.717) is 17.8 Å². The van der Waals surface area contributed by atoms with Gasteiger partial charge in [-0.3, -0.25) is 9.10 Å². The Morgan fingerprint density at radius 3 is 2.13 bits per heavy atom. The number of carbonyl (C=O) groups is 1. The third kappa shape index (κ3) is 5.83. The molecule has 0 unspecified atom stereocenters. The molecular weight excluding hydrogens is 408 g/mol. The summed E-state index contributed by atoms with van der Waals surface area (Å²) < 4.78 is 27.3. The smallest absolute Gasteiger partial charge is 0.264 e. The van der Waals surface area contributed by atoms with Gasteiger partial charge in [-0.25, -0.2) is 8.42 Å². The van der Waals surface area contributed by atoms with E-state index >= 15 is 0 Å². The lowest BCUT2D eigenvalue weighted by Gasteiger charge is -2.23. The molecule has 0 saturated carbocycles. The fourth-order valence-corrected chi connectivity index (χ4v) is 4.66. The number of amides is 1. The fourth-order valence-electron chi connectivity index (χ4n) is 3.20. The number of aryl methyl sites for hydroxylation is 1. The highest BCUT2D eigenvalue weighted by atomic mass is 32.2. The number of hydrogen-bond acceptors (Lipinski definition) is 3. The largest absolute Gasteiger partial charge is 0.352 e. The molecule has 3 aromatic rings. The minimum Gasteiger partial charge on any atom is -0.352 e. The Morgan fingerprint density at radius 1 is 0.903 bits per heavy atom. The summed E-state index contributed by atoms with van der Waals surface area (Å²) >= 11 is 0. The summed E-state index contributed by atoms with van der Waals surface area (Å²) in [5, 5.41) is 2.91. The molecule has 160 valence electrons. The predicted octanol–water partition coefficient (Wildman–Crippen LogP) is 4.43. The first kappa shape index (κ1) is 22.3. The van der Waals surface area contributed by atoms with E-state index in [1.54, 1.807) is 54.6 Å². The first-order chi connectivity index (χ1) is 15.0. The summed E-state index contributed by atoms with van der Waals surface area (Å²) in [5.41, 5.74) is 2.20. The van der Waals surface area contributed by atoms with Crippen LogP contribution < -0.4 is 9.62 Å². The maximum absolute atomic E-state index is 13.0. The SMILES string of the molecule is C=CCN(c1ccc(C(=O)NCCCc2ccccc2)cc1)S(=O)(=O)c1ccccc1. The van der Waals surface area contributed by atoms with Crippen LogP contribution in [0.3, 0.4) is 0 Å². The minimum absolute atomic E-state index is 0.127. The number of benzene rings is 3. The van der Waals surface area contributed by atoms with Crippen LogP contribution in [0.4, 0.5) is 5.69 Å². The molecule has 0 aromatic heterocycles. The maximum Gasteiger partial charge on any atom is 0.264 e. The van der Waals surface area contributed by atoms with Crippen molar-refractivity contribution < 1.29 is 13.2 Å². The number of sulfonamides is 1. The molecule has 0 atom stereocenters. The zero-order valence-electron chi connectivity index (χ0n) is 17.3. The van der Waals surface area contributed by atoms with Gasteiger partial charge in [-0.1, -0.05) is 54.6 Å². The van der Waals surface area contributed by atoms with Crippen molar-refractivity contribution in [3.8, 4) is 0 Å². The lowest BCUT2D eigenvalue weighted by molar-refractivity contribution is 0.0953. The van der Waals surface area contributed by atoms with Crippen LogP contribution >= 0.6 is 0 Å². The molecule has 5 nitrogen and oxygen atoms in total. The van der Waals surface area contributed by atoms with Gasteiger partial charge in [-0.05, 0) is 54.8 Å². The molecule has 0 aliphatic carbocycles. The predicted molar refractivity (Wildman–Crippen MR) is 125 cm³/mol. The van der Waals surface area contributed by atoms with E-state index < -0.39 is 10.0 Å². The fraction of sp³-hybridized carbons (Fsp3) is 0.160. The highest BCUT2D eigenvalue weighted by molar-refractivity contribution is 7.92. The van der Waals surface area contributed by atoms with Crippen molar-refractivity contribution in [2.75, 3.05) is 17.4 Å². The van der Waals surface area contributed by atoms with Gasteiger partial charge in [0, 0.05) is 12.1 Å². The standard InChI is InChI=1S/C25H26N2O3S/c1-2-20-27(31(29,30)24-13-7-4-8-14-24)23-17-15-22(16-18-23)25(28)26-19-9-12-21-10-5-3-6-11-21/h2-8,10-11,13-18H,1,9,12,19-20H2,(H,26,28). The van der Waals surface area contributed by atoms with Crippen LogP contribution in [0.5, 0.6) is 0 Å². The quantitative estimate of drug-likeness (QED) is 0.379. The molecule has 0 saturated heterocycles. The van der Waals surface area contributed by atoms with Crippen molar-refractivity contribution in [1.29, 1.82) is 0 Å². The molecule has 0 spiro atoms. The van der Waals surface area contributed by atoms with Gasteiger partial charge in [0.1, 0.15) is 0 Å². The summed E-state index contributed by atoms with van der Waals surface area (Å²) in [7, 11) is -3.73. The van der Waals surface area contributed by atoms with Crippen molar-refractivity contribution >= 4 is 21.6 Å². The van der Waals surface area contributed by atoms with E-state index in [0.717, 1.165) is 12.8 Å². The Balaban J connectivity index is 1.64. The van der Waals surface area contributed by atoms with Gasteiger partial charge in [-0.15, -0.1) is 6.58 Å². The van der Waals surface area contributed by atoms with Crippen molar-refractivity contribution in [2.45, 2.75) is 17.7 Å². The molecule has 3 rings (SSSR count). The highest BCUT2D eigenvalue weighted by Crippen LogP contribution is 2.24. The second kappa shape index (κ2) is 10.6. The molecule has 0 bridgehead atoms. The van der Waals surface area contributed by atoms with Gasteiger partial charge in [0.25, 0.3) is 15.9 Å². The van der Waals surface area contributed by atoms with Crippen LogP contribution in [-0.4, -0.2) is 27.4 Å². The van der Waals surface area contributed by atoms with Crippen molar-refractivity contribution in [3.05, 3.63) is 109 Å². The summed E-state index contributed by atoms with van der Waals surface area (Å²) in [6.45, 7) is 4.37. The van der Waals surface area contributed by atoms with Crippen molar-refractivity contribution in [3.63, 3.8) is 0 Å². The van der Waals surface area contributed by atoms with E-state index in [1.165, 1.54) is 15.9 Å². The monoisotopic (exact) mass is 434 g/mol. The van der Waals surface area contributed by atoms with Crippen LogP contribution in [0.25, 0.3) is 0 Å². The summed E-state index contributed by atoms with van der Waals surface area (Å²) in [4.78, 5) is 12.6. The van der Waals surface area contributed by atoms with E-state index in [2.05, 4.69) is 24.0 Å². The van der Waals surface area contributed by atoms with Crippen LogP contribution in [0, 0.1) is 0 Å². The molecule has 31 heavy (non-hydrogen) atoms. The number of hydrogen-bond donors (Lipinski definition) is 1. The third-order valence-corrected chi connectivity index (χ3v) is 6.62. The topological polar surface area (TPSA) is 66.5 Å². The minimum atomic E-state index is -3.73. The average Bonchev–Trinajstić information content (AvgIpc) is 2.81. The average molecular weight is 435 g/mol. The van der Waals surface area contributed by atoms with E-state index in [9.17, 15) is 13.2 Å². The molecule has 0 heterocycles.